The molecule has 0 spiro atoms. The minimum atomic E-state index is 0.552. The molecule has 0 amide bonds. The van der Waals surface area contributed by atoms with E-state index >= 15 is 0 Å². The molecule has 1 aliphatic rings. The molecular weight excluding hydrogens is 200 g/mol. The molecule has 16 heavy (non-hydrogen) atoms. The van der Waals surface area contributed by atoms with Crippen molar-refractivity contribution in [1.82, 2.24) is 9.78 Å². The van der Waals surface area contributed by atoms with Gasteiger partial charge in [-0.3, -0.25) is 4.68 Å². The SMILES string of the molecule is Cn1cc(OCC2Cc3ccccc32)cn1. The predicted molar refractivity (Wildman–Crippen MR) is 61.6 cm³/mol. The van der Waals surface area contributed by atoms with E-state index in [4.69, 9.17) is 4.74 Å². The molecule has 1 atom stereocenters. The van der Waals surface area contributed by atoms with Gasteiger partial charge in [0.1, 0.15) is 0 Å². The first-order valence-corrected chi connectivity index (χ1v) is 5.52. The van der Waals surface area contributed by atoms with Gasteiger partial charge in [0.15, 0.2) is 5.75 Å². The summed E-state index contributed by atoms with van der Waals surface area (Å²) >= 11 is 0. The smallest absolute Gasteiger partial charge is 0.157 e. The van der Waals surface area contributed by atoms with Gasteiger partial charge in [-0.1, -0.05) is 24.3 Å². The number of hydrogen-bond acceptors (Lipinski definition) is 2. The highest BCUT2D eigenvalue weighted by Crippen LogP contribution is 2.34. The topological polar surface area (TPSA) is 27.1 Å². The summed E-state index contributed by atoms with van der Waals surface area (Å²) in [7, 11) is 1.89. The standard InChI is InChI=1S/C13H14N2O/c1-15-8-12(7-14-15)16-9-11-6-10-4-2-3-5-13(10)11/h2-5,7-8,11H,6,9H2,1H3. The Balaban J connectivity index is 1.63. The van der Waals surface area contributed by atoms with Crippen molar-refractivity contribution in [1.29, 1.82) is 0 Å². The van der Waals surface area contributed by atoms with Crippen LogP contribution in [0.25, 0.3) is 0 Å². The molecule has 1 aromatic carbocycles. The first-order valence-electron chi connectivity index (χ1n) is 5.52. The van der Waals surface area contributed by atoms with Crippen molar-refractivity contribution in [2.75, 3.05) is 6.61 Å². The molecule has 0 bridgehead atoms. The molecule has 3 rings (SSSR count). The third-order valence-corrected chi connectivity index (χ3v) is 3.09. The lowest BCUT2D eigenvalue weighted by Gasteiger charge is -2.29. The molecule has 3 nitrogen and oxygen atoms in total. The second-order valence-corrected chi connectivity index (χ2v) is 4.26. The van der Waals surface area contributed by atoms with Crippen LogP contribution in [0.1, 0.15) is 17.0 Å². The van der Waals surface area contributed by atoms with Crippen molar-refractivity contribution in [3.8, 4) is 5.75 Å². The second kappa shape index (κ2) is 3.67. The quantitative estimate of drug-likeness (QED) is 0.782. The minimum absolute atomic E-state index is 0.552. The summed E-state index contributed by atoms with van der Waals surface area (Å²) in [6, 6.07) is 8.57. The van der Waals surface area contributed by atoms with E-state index in [1.54, 1.807) is 10.9 Å². The largest absolute Gasteiger partial charge is 0.490 e. The zero-order valence-corrected chi connectivity index (χ0v) is 9.26. The Morgan fingerprint density at radius 3 is 3.06 bits per heavy atom. The number of nitrogens with zero attached hydrogens (tertiary/aromatic N) is 2. The molecular formula is C13H14N2O. The van der Waals surface area contributed by atoms with Gasteiger partial charge in [0.25, 0.3) is 0 Å². The van der Waals surface area contributed by atoms with Crippen LogP contribution in [-0.2, 0) is 13.5 Å². The average molecular weight is 214 g/mol. The third-order valence-electron chi connectivity index (χ3n) is 3.09. The van der Waals surface area contributed by atoms with E-state index < -0.39 is 0 Å². The first kappa shape index (κ1) is 9.46. The maximum Gasteiger partial charge on any atom is 0.157 e. The maximum absolute atomic E-state index is 5.70. The second-order valence-electron chi connectivity index (χ2n) is 4.26. The van der Waals surface area contributed by atoms with Crippen molar-refractivity contribution in [3.05, 3.63) is 47.8 Å². The molecule has 0 radical (unpaired) electrons. The average Bonchev–Trinajstić information content (AvgIpc) is 2.66. The zero-order chi connectivity index (χ0) is 11.0. The van der Waals surface area contributed by atoms with Crippen LogP contribution in [-0.4, -0.2) is 16.4 Å². The number of aryl methyl sites for hydroxylation is 1. The number of rotatable bonds is 3. The van der Waals surface area contributed by atoms with Crippen LogP contribution in [0.3, 0.4) is 0 Å². The Bertz CT molecular complexity index is 504. The molecule has 0 aliphatic heterocycles. The van der Waals surface area contributed by atoms with Crippen LogP contribution in [0.15, 0.2) is 36.7 Å². The summed E-state index contributed by atoms with van der Waals surface area (Å²) in [4.78, 5) is 0. The van der Waals surface area contributed by atoms with E-state index in [-0.39, 0.29) is 0 Å². The van der Waals surface area contributed by atoms with Crippen molar-refractivity contribution in [2.45, 2.75) is 12.3 Å². The van der Waals surface area contributed by atoms with Crippen molar-refractivity contribution in [3.63, 3.8) is 0 Å². The Morgan fingerprint density at radius 1 is 1.44 bits per heavy atom. The van der Waals surface area contributed by atoms with Gasteiger partial charge in [-0.15, -0.1) is 0 Å². The van der Waals surface area contributed by atoms with Gasteiger partial charge in [-0.05, 0) is 17.5 Å². The van der Waals surface area contributed by atoms with E-state index in [9.17, 15) is 0 Å². The van der Waals surface area contributed by atoms with E-state index in [1.807, 2.05) is 13.2 Å². The molecule has 1 aliphatic carbocycles. The van der Waals surface area contributed by atoms with Crippen molar-refractivity contribution in [2.24, 2.45) is 7.05 Å². The van der Waals surface area contributed by atoms with Crippen LogP contribution in [0.4, 0.5) is 0 Å². The molecule has 82 valence electrons. The van der Waals surface area contributed by atoms with Crippen LogP contribution in [0.5, 0.6) is 5.75 Å². The van der Waals surface area contributed by atoms with Gasteiger partial charge >= 0.3 is 0 Å². The molecule has 0 saturated heterocycles. The van der Waals surface area contributed by atoms with Crippen LogP contribution in [0, 0.1) is 0 Å². The van der Waals surface area contributed by atoms with Gasteiger partial charge < -0.3 is 4.74 Å². The van der Waals surface area contributed by atoms with E-state index in [0.717, 1.165) is 18.8 Å². The van der Waals surface area contributed by atoms with Crippen LogP contribution in [0.2, 0.25) is 0 Å². The Labute approximate surface area is 94.7 Å². The Hall–Kier alpha value is -1.77. The number of benzene rings is 1. The number of ether oxygens (including phenoxy) is 1. The monoisotopic (exact) mass is 214 g/mol. The molecule has 1 heterocycles. The van der Waals surface area contributed by atoms with Crippen LogP contribution >= 0.6 is 0 Å². The number of fused-ring (bicyclic) bond motifs is 1. The lowest BCUT2D eigenvalue weighted by atomic mass is 9.78. The van der Waals surface area contributed by atoms with Crippen molar-refractivity contribution < 1.29 is 4.74 Å². The number of hydrogen-bond donors (Lipinski definition) is 0. The number of aromatic nitrogens is 2. The molecule has 0 saturated carbocycles. The van der Waals surface area contributed by atoms with Gasteiger partial charge in [0, 0.05) is 13.0 Å². The fraction of sp³-hybridized carbons (Fsp3) is 0.308. The highest BCUT2D eigenvalue weighted by molar-refractivity contribution is 5.40. The van der Waals surface area contributed by atoms with Gasteiger partial charge in [0.2, 0.25) is 0 Å². The normalized spacial score (nSPS) is 17.7. The maximum atomic E-state index is 5.70. The predicted octanol–water partition coefficient (Wildman–Crippen LogP) is 2.14. The fourth-order valence-electron chi connectivity index (χ4n) is 2.18. The summed E-state index contributed by atoms with van der Waals surface area (Å²) in [6.07, 6.45) is 4.78. The summed E-state index contributed by atoms with van der Waals surface area (Å²) in [6.45, 7) is 0.753. The lowest BCUT2D eigenvalue weighted by molar-refractivity contribution is 0.275. The van der Waals surface area contributed by atoms with E-state index in [0.29, 0.717) is 5.92 Å². The van der Waals surface area contributed by atoms with E-state index in [1.165, 1.54) is 11.1 Å². The molecule has 0 fully saturated rings. The van der Waals surface area contributed by atoms with Gasteiger partial charge in [0.05, 0.1) is 19.0 Å². The first-order chi connectivity index (χ1) is 7.83. The third kappa shape index (κ3) is 1.58. The van der Waals surface area contributed by atoms with Crippen molar-refractivity contribution >= 4 is 0 Å². The molecule has 1 unspecified atom stereocenters. The Morgan fingerprint density at radius 2 is 2.31 bits per heavy atom. The van der Waals surface area contributed by atoms with Gasteiger partial charge in [-0.25, -0.2) is 0 Å². The summed E-state index contributed by atoms with van der Waals surface area (Å²) in [5.41, 5.74) is 2.90. The molecule has 3 heteroatoms. The fourth-order valence-corrected chi connectivity index (χ4v) is 2.18. The molecule has 2 aromatic rings. The molecule has 1 aromatic heterocycles. The highest BCUT2D eigenvalue weighted by atomic mass is 16.5. The molecule has 0 N–H and O–H groups in total. The van der Waals surface area contributed by atoms with Gasteiger partial charge in [-0.2, -0.15) is 5.10 Å². The summed E-state index contributed by atoms with van der Waals surface area (Å²) in [5.74, 6) is 1.41. The Kier molecular flexibility index (Phi) is 2.17. The summed E-state index contributed by atoms with van der Waals surface area (Å²) < 4.78 is 7.46. The highest BCUT2D eigenvalue weighted by Gasteiger charge is 2.25. The summed E-state index contributed by atoms with van der Waals surface area (Å²) in [5, 5.41) is 4.07. The zero-order valence-electron chi connectivity index (χ0n) is 9.26. The minimum Gasteiger partial charge on any atom is -0.490 e. The lowest BCUT2D eigenvalue weighted by Crippen LogP contribution is -2.22. The van der Waals surface area contributed by atoms with Crippen LogP contribution < -0.4 is 4.74 Å². The van der Waals surface area contributed by atoms with E-state index in [2.05, 4.69) is 29.4 Å².